The van der Waals surface area contributed by atoms with Crippen molar-refractivity contribution in [2.75, 3.05) is 7.11 Å². The van der Waals surface area contributed by atoms with E-state index >= 15 is 0 Å². The van der Waals surface area contributed by atoms with E-state index in [4.69, 9.17) is 16.3 Å². The van der Waals surface area contributed by atoms with E-state index in [9.17, 15) is 0 Å². The molecule has 5 nitrogen and oxygen atoms in total. The van der Waals surface area contributed by atoms with Crippen LogP contribution in [0.3, 0.4) is 0 Å². The molecule has 3 atom stereocenters. The van der Waals surface area contributed by atoms with Crippen molar-refractivity contribution in [3.8, 4) is 6.01 Å². The van der Waals surface area contributed by atoms with E-state index in [-0.39, 0.29) is 0 Å². The average Bonchev–Trinajstić information content (AvgIpc) is 3.11. The number of aromatic nitrogens is 4. The van der Waals surface area contributed by atoms with Crippen LogP contribution in [0.15, 0.2) is 6.33 Å². The van der Waals surface area contributed by atoms with Crippen molar-refractivity contribution in [1.29, 1.82) is 0 Å². The lowest BCUT2D eigenvalue weighted by atomic mass is 9.95. The number of nitrogens with zero attached hydrogens (tertiary/aromatic N) is 4. The maximum absolute atomic E-state index is 6.10. The maximum atomic E-state index is 6.10. The van der Waals surface area contributed by atoms with E-state index in [0.29, 0.717) is 22.7 Å². The standard InChI is InChI=1S/C13H15ClN4O/c1-19-13-17-10-11(14)15-6-16-12(10)18(13)9-5-7-2-3-8(9)4-7/h6-9H,2-5H2,1H3/t7-,8+,9+/m0/s1. The molecule has 0 radical (unpaired) electrons. The molecule has 0 aliphatic heterocycles. The third-order valence-corrected chi connectivity index (χ3v) is 4.89. The van der Waals surface area contributed by atoms with Crippen LogP contribution in [0.1, 0.15) is 31.7 Å². The predicted octanol–water partition coefficient (Wildman–Crippen LogP) is 2.85. The van der Waals surface area contributed by atoms with E-state index in [1.54, 1.807) is 7.11 Å². The van der Waals surface area contributed by atoms with Gasteiger partial charge in [0.25, 0.3) is 6.01 Å². The first kappa shape index (κ1) is 11.5. The predicted molar refractivity (Wildman–Crippen MR) is 71.4 cm³/mol. The van der Waals surface area contributed by atoms with Crippen LogP contribution in [0.2, 0.25) is 5.15 Å². The molecule has 6 heteroatoms. The minimum Gasteiger partial charge on any atom is -0.468 e. The quantitative estimate of drug-likeness (QED) is 0.793. The maximum Gasteiger partial charge on any atom is 0.298 e. The molecule has 2 heterocycles. The molecule has 2 aliphatic carbocycles. The Balaban J connectivity index is 1.90. The molecule has 2 fully saturated rings. The van der Waals surface area contributed by atoms with Crippen molar-refractivity contribution in [3.05, 3.63) is 11.5 Å². The highest BCUT2D eigenvalue weighted by Crippen LogP contribution is 2.52. The van der Waals surface area contributed by atoms with Crippen LogP contribution >= 0.6 is 11.6 Å². The average molecular weight is 279 g/mol. The van der Waals surface area contributed by atoms with E-state index in [2.05, 4.69) is 19.5 Å². The SMILES string of the molecule is COc1nc2c(Cl)ncnc2n1[C@@H]1C[C@H]2CC[C@@H]1C2. The zero-order chi connectivity index (χ0) is 13.0. The molecule has 0 spiro atoms. The number of rotatable bonds is 2. The summed E-state index contributed by atoms with van der Waals surface area (Å²) in [5.41, 5.74) is 1.44. The zero-order valence-corrected chi connectivity index (χ0v) is 11.5. The largest absolute Gasteiger partial charge is 0.468 e. The highest BCUT2D eigenvalue weighted by atomic mass is 35.5. The summed E-state index contributed by atoms with van der Waals surface area (Å²) in [6.07, 6.45) is 6.69. The van der Waals surface area contributed by atoms with Gasteiger partial charge in [0, 0.05) is 6.04 Å². The van der Waals surface area contributed by atoms with Crippen molar-refractivity contribution < 1.29 is 4.74 Å². The van der Waals surface area contributed by atoms with Gasteiger partial charge in [-0.05, 0) is 31.1 Å². The van der Waals surface area contributed by atoms with Gasteiger partial charge < -0.3 is 4.74 Å². The van der Waals surface area contributed by atoms with Crippen molar-refractivity contribution in [2.24, 2.45) is 11.8 Å². The topological polar surface area (TPSA) is 52.8 Å². The Kier molecular flexibility index (Phi) is 2.45. The fraction of sp³-hybridized carbons (Fsp3) is 0.615. The summed E-state index contributed by atoms with van der Waals surface area (Å²) in [7, 11) is 1.65. The van der Waals surface area contributed by atoms with Gasteiger partial charge in [-0.25, -0.2) is 9.97 Å². The van der Waals surface area contributed by atoms with E-state index in [1.165, 1.54) is 32.0 Å². The normalized spacial score (nSPS) is 29.3. The molecular weight excluding hydrogens is 264 g/mol. The lowest BCUT2D eigenvalue weighted by Gasteiger charge is -2.24. The van der Waals surface area contributed by atoms with Gasteiger partial charge in [-0.1, -0.05) is 18.0 Å². The lowest BCUT2D eigenvalue weighted by molar-refractivity contribution is 0.284. The Hall–Kier alpha value is -1.36. The van der Waals surface area contributed by atoms with Crippen LogP contribution < -0.4 is 4.74 Å². The molecule has 0 saturated heterocycles. The fourth-order valence-electron chi connectivity index (χ4n) is 3.83. The molecule has 0 aromatic carbocycles. The second kappa shape index (κ2) is 4.07. The van der Waals surface area contributed by atoms with Gasteiger partial charge in [0.2, 0.25) is 0 Å². The number of ether oxygens (including phenoxy) is 1. The van der Waals surface area contributed by atoms with E-state index in [0.717, 1.165) is 17.5 Å². The van der Waals surface area contributed by atoms with Crippen molar-refractivity contribution in [3.63, 3.8) is 0 Å². The van der Waals surface area contributed by atoms with Gasteiger partial charge in [-0.2, -0.15) is 4.98 Å². The van der Waals surface area contributed by atoms with Crippen LogP contribution in [0.25, 0.3) is 11.2 Å². The number of hydrogen-bond donors (Lipinski definition) is 0. The van der Waals surface area contributed by atoms with Gasteiger partial charge in [-0.15, -0.1) is 0 Å². The Morgan fingerprint density at radius 2 is 2.21 bits per heavy atom. The molecule has 2 saturated carbocycles. The lowest BCUT2D eigenvalue weighted by Crippen LogP contribution is -2.17. The second-order valence-corrected chi connectivity index (χ2v) is 5.91. The molecule has 19 heavy (non-hydrogen) atoms. The molecule has 2 bridgehead atoms. The number of imidazole rings is 1. The number of hydrogen-bond acceptors (Lipinski definition) is 4. The highest BCUT2D eigenvalue weighted by Gasteiger charge is 2.42. The number of methoxy groups -OCH3 is 1. The summed E-state index contributed by atoms with van der Waals surface area (Å²) < 4.78 is 7.56. The van der Waals surface area contributed by atoms with Gasteiger partial charge in [0.1, 0.15) is 11.8 Å². The molecule has 4 rings (SSSR count). The Bertz CT molecular complexity index is 641. The minimum atomic E-state index is 0.394. The molecule has 0 N–H and O–H groups in total. The summed E-state index contributed by atoms with van der Waals surface area (Å²) in [4.78, 5) is 12.8. The Labute approximate surface area is 116 Å². The summed E-state index contributed by atoms with van der Waals surface area (Å²) in [5.74, 6) is 1.58. The fourth-order valence-corrected chi connectivity index (χ4v) is 4.00. The van der Waals surface area contributed by atoms with Crippen LogP contribution in [0, 0.1) is 11.8 Å². The van der Waals surface area contributed by atoms with Crippen molar-refractivity contribution in [2.45, 2.75) is 31.7 Å². The van der Waals surface area contributed by atoms with Crippen LogP contribution in [0.5, 0.6) is 6.01 Å². The number of fused-ring (bicyclic) bond motifs is 3. The second-order valence-electron chi connectivity index (χ2n) is 5.55. The van der Waals surface area contributed by atoms with E-state index < -0.39 is 0 Å². The summed E-state index contributed by atoms with van der Waals surface area (Å²) in [5, 5.41) is 0.394. The molecule has 2 aliphatic rings. The molecule has 2 aromatic heterocycles. The Morgan fingerprint density at radius 1 is 1.32 bits per heavy atom. The third kappa shape index (κ3) is 1.57. The van der Waals surface area contributed by atoms with Gasteiger partial charge in [0.05, 0.1) is 7.11 Å². The first-order chi connectivity index (χ1) is 9.28. The van der Waals surface area contributed by atoms with Crippen LogP contribution in [-0.2, 0) is 0 Å². The third-order valence-electron chi connectivity index (χ3n) is 4.62. The monoisotopic (exact) mass is 278 g/mol. The van der Waals surface area contributed by atoms with Gasteiger partial charge in [0.15, 0.2) is 10.8 Å². The smallest absolute Gasteiger partial charge is 0.298 e. The van der Waals surface area contributed by atoms with Crippen molar-refractivity contribution >= 4 is 22.8 Å². The Morgan fingerprint density at radius 3 is 2.89 bits per heavy atom. The van der Waals surface area contributed by atoms with Crippen molar-refractivity contribution in [1.82, 2.24) is 19.5 Å². The van der Waals surface area contributed by atoms with Crippen LogP contribution in [-0.4, -0.2) is 26.6 Å². The molecule has 2 aromatic rings. The molecular formula is C13H15ClN4O. The molecule has 100 valence electrons. The highest BCUT2D eigenvalue weighted by molar-refractivity contribution is 6.33. The van der Waals surface area contributed by atoms with Crippen LogP contribution in [0.4, 0.5) is 0 Å². The first-order valence-corrected chi connectivity index (χ1v) is 7.08. The van der Waals surface area contributed by atoms with Gasteiger partial charge >= 0.3 is 0 Å². The zero-order valence-electron chi connectivity index (χ0n) is 10.7. The summed E-state index contributed by atoms with van der Waals surface area (Å²) >= 11 is 6.10. The summed E-state index contributed by atoms with van der Waals surface area (Å²) in [6.45, 7) is 0. The molecule has 0 unspecified atom stereocenters. The summed E-state index contributed by atoms with van der Waals surface area (Å²) in [6, 6.07) is 1.06. The minimum absolute atomic E-state index is 0.394. The molecule has 0 amide bonds. The number of halogens is 1. The van der Waals surface area contributed by atoms with Gasteiger partial charge in [-0.3, -0.25) is 4.57 Å². The first-order valence-electron chi connectivity index (χ1n) is 6.70. The van der Waals surface area contributed by atoms with E-state index in [1.807, 2.05) is 0 Å².